The van der Waals surface area contributed by atoms with E-state index in [1.54, 1.807) is 0 Å². The van der Waals surface area contributed by atoms with Gasteiger partial charge in [-0.3, -0.25) is 0 Å². The summed E-state index contributed by atoms with van der Waals surface area (Å²) >= 11 is 0. The quantitative estimate of drug-likeness (QED) is 0.336. The minimum absolute atomic E-state index is 1.00. The van der Waals surface area contributed by atoms with Crippen molar-refractivity contribution in [2.45, 2.75) is 0 Å². The second-order valence-corrected chi connectivity index (χ2v) is 4.22. The molecule has 0 atom stereocenters. The lowest BCUT2D eigenvalue weighted by molar-refractivity contribution is -0.849. The Morgan fingerprint density at radius 1 is 1.00 bits per heavy atom. The summed E-state index contributed by atoms with van der Waals surface area (Å²) in [6.07, 6.45) is 0. The van der Waals surface area contributed by atoms with Crippen molar-refractivity contribution in [1.82, 2.24) is 0 Å². The zero-order chi connectivity index (χ0) is 9.00. The molecule has 6 heteroatoms. The molecule has 0 amide bonds. The molecule has 0 aliphatic carbocycles. The van der Waals surface area contributed by atoms with Gasteiger partial charge in [-0.15, -0.1) is 0 Å². The van der Waals surface area contributed by atoms with Crippen LogP contribution in [0.4, 0.5) is 0 Å². The van der Waals surface area contributed by atoms with Gasteiger partial charge in [0.15, 0.2) is 0 Å². The van der Waals surface area contributed by atoms with Gasteiger partial charge in [-0.2, -0.15) is 0 Å². The highest BCUT2D eigenvalue weighted by molar-refractivity contribution is 7.45. The zero-order valence-corrected chi connectivity index (χ0v) is 7.54. The lowest BCUT2D eigenvalue weighted by Gasteiger charge is -2.14. The van der Waals surface area contributed by atoms with Gasteiger partial charge >= 0.3 is 7.82 Å². The summed E-state index contributed by atoms with van der Waals surface area (Å²) in [5.41, 5.74) is 0. The van der Waals surface area contributed by atoms with E-state index < -0.39 is 7.82 Å². The first kappa shape index (κ1) is 12.7. The highest BCUT2D eigenvalue weighted by Gasteiger charge is 2.00. The van der Waals surface area contributed by atoms with Gasteiger partial charge in [-0.25, -0.2) is 4.57 Å². The molecule has 0 rings (SSSR count). The zero-order valence-electron chi connectivity index (χ0n) is 6.64. The fourth-order valence-corrected chi connectivity index (χ4v) is 0. The predicted molar refractivity (Wildman–Crippen MR) is 38.2 cm³/mol. The maximum absolute atomic E-state index is 8.88. The van der Waals surface area contributed by atoms with Crippen LogP contribution >= 0.6 is 7.82 Å². The van der Waals surface area contributed by atoms with Gasteiger partial charge in [0.2, 0.25) is 0 Å². The van der Waals surface area contributed by atoms with Gasteiger partial charge in [-0.1, -0.05) is 0 Å². The summed E-state index contributed by atoms with van der Waals surface area (Å²) in [5.74, 6) is 0. The molecule has 3 N–H and O–H groups in total. The Labute approximate surface area is 60.7 Å². The van der Waals surface area contributed by atoms with E-state index in [0.29, 0.717) is 0 Å². The van der Waals surface area contributed by atoms with Crippen LogP contribution in [-0.4, -0.2) is 47.4 Å². The lowest BCUT2D eigenvalue weighted by Crippen LogP contribution is -2.27. The molecule has 0 heterocycles. The van der Waals surface area contributed by atoms with Crippen molar-refractivity contribution in [3.63, 3.8) is 0 Å². The van der Waals surface area contributed by atoms with Crippen LogP contribution in [0.15, 0.2) is 0 Å². The Hall–Kier alpha value is 0.0700. The molecule has 0 radical (unpaired) electrons. The van der Waals surface area contributed by atoms with Crippen LogP contribution in [0, 0.1) is 0 Å². The third-order valence-electron chi connectivity index (χ3n) is 0. The molecule has 64 valence electrons. The third-order valence-corrected chi connectivity index (χ3v) is 0. The molecule has 5 nitrogen and oxygen atoms in total. The summed E-state index contributed by atoms with van der Waals surface area (Å²) in [5, 5.41) is 0. The van der Waals surface area contributed by atoms with Crippen molar-refractivity contribution in [3.8, 4) is 0 Å². The van der Waals surface area contributed by atoms with Gasteiger partial charge in [-0.05, 0) is 0 Å². The van der Waals surface area contributed by atoms with Crippen molar-refractivity contribution in [2.75, 3.05) is 28.2 Å². The maximum Gasteiger partial charge on any atom is 0.466 e. The molecule has 0 unspecified atom stereocenters. The molecular formula is C4H15NO4P+. The van der Waals surface area contributed by atoms with Gasteiger partial charge in [0.25, 0.3) is 0 Å². The average Bonchev–Trinajstić information content (AvgIpc) is 1.12. The van der Waals surface area contributed by atoms with Crippen LogP contribution in [0.2, 0.25) is 0 Å². The lowest BCUT2D eigenvalue weighted by atomic mass is 10.8. The molecule has 0 saturated heterocycles. The summed E-state index contributed by atoms with van der Waals surface area (Å²) < 4.78 is 9.88. The topological polar surface area (TPSA) is 77.8 Å². The fraction of sp³-hybridized carbons (Fsp3) is 1.00. The smallest absolute Gasteiger partial charge is 0.333 e. The Balaban J connectivity index is 0. The Morgan fingerprint density at radius 2 is 1.00 bits per heavy atom. The highest BCUT2D eigenvalue weighted by atomic mass is 31.2. The number of nitrogens with zero attached hydrogens (tertiary/aromatic N) is 1. The Kier molecular flexibility index (Phi) is 5.16. The van der Waals surface area contributed by atoms with Gasteiger partial charge in [0, 0.05) is 0 Å². The van der Waals surface area contributed by atoms with Crippen molar-refractivity contribution in [1.29, 1.82) is 0 Å². The normalized spacial score (nSPS) is 11.9. The molecule has 0 fully saturated rings. The monoisotopic (exact) mass is 172 g/mol. The molecule has 0 aromatic rings. The number of rotatable bonds is 0. The minimum atomic E-state index is -4.64. The van der Waals surface area contributed by atoms with E-state index in [4.69, 9.17) is 19.2 Å². The first-order valence-electron chi connectivity index (χ1n) is 2.57. The van der Waals surface area contributed by atoms with Crippen molar-refractivity contribution < 1.29 is 23.7 Å². The van der Waals surface area contributed by atoms with Gasteiger partial charge < -0.3 is 19.2 Å². The van der Waals surface area contributed by atoms with E-state index in [1.807, 2.05) is 0 Å². The van der Waals surface area contributed by atoms with Crippen LogP contribution in [0.1, 0.15) is 0 Å². The number of quaternary nitrogens is 1. The van der Waals surface area contributed by atoms with Crippen molar-refractivity contribution in [2.24, 2.45) is 0 Å². The summed E-state index contributed by atoms with van der Waals surface area (Å²) in [7, 11) is 3.86. The van der Waals surface area contributed by atoms with Crippen LogP contribution in [-0.2, 0) is 4.57 Å². The molecular weight excluding hydrogens is 157 g/mol. The number of hydrogen-bond acceptors (Lipinski definition) is 1. The molecule has 10 heavy (non-hydrogen) atoms. The second-order valence-electron chi connectivity index (χ2n) is 3.20. The highest BCUT2D eigenvalue weighted by Crippen LogP contribution is 2.25. The SMILES string of the molecule is C[N+](C)(C)C.O=P(O)(O)O. The average molecular weight is 172 g/mol. The Morgan fingerprint density at radius 3 is 1.00 bits per heavy atom. The minimum Gasteiger partial charge on any atom is -0.333 e. The molecule has 0 aromatic heterocycles. The number of hydrogen-bond donors (Lipinski definition) is 3. The Bertz CT molecular complexity index is 109. The molecule has 0 aliphatic rings. The molecule has 0 bridgehead atoms. The fourth-order valence-electron chi connectivity index (χ4n) is 0. The summed E-state index contributed by atoms with van der Waals surface area (Å²) in [6.45, 7) is 0. The van der Waals surface area contributed by atoms with E-state index in [0.717, 1.165) is 4.48 Å². The van der Waals surface area contributed by atoms with Crippen LogP contribution < -0.4 is 0 Å². The van der Waals surface area contributed by atoms with Gasteiger partial charge in [0.1, 0.15) is 0 Å². The van der Waals surface area contributed by atoms with Crippen LogP contribution in [0.3, 0.4) is 0 Å². The second kappa shape index (κ2) is 4.05. The maximum atomic E-state index is 8.88. The van der Waals surface area contributed by atoms with E-state index >= 15 is 0 Å². The molecule has 0 saturated carbocycles. The molecule has 0 aliphatic heterocycles. The molecule has 0 spiro atoms. The largest absolute Gasteiger partial charge is 0.466 e. The first-order valence-corrected chi connectivity index (χ1v) is 4.14. The standard InChI is InChI=1S/C4H12N.H3O4P/c2*1-5(2,3)4/h1-4H3;(H3,1,2,3,4)/q+1;. The van der Waals surface area contributed by atoms with Crippen LogP contribution in [0.5, 0.6) is 0 Å². The van der Waals surface area contributed by atoms with Crippen molar-refractivity contribution in [3.05, 3.63) is 0 Å². The third kappa shape index (κ3) is 82300. The summed E-state index contributed by atoms with van der Waals surface area (Å²) in [6, 6.07) is 0. The van der Waals surface area contributed by atoms with E-state index in [9.17, 15) is 0 Å². The van der Waals surface area contributed by atoms with Gasteiger partial charge in [0.05, 0.1) is 28.2 Å². The first-order chi connectivity index (χ1) is 4.00. The van der Waals surface area contributed by atoms with Crippen molar-refractivity contribution >= 4 is 7.82 Å². The molecule has 0 aromatic carbocycles. The summed E-state index contributed by atoms with van der Waals surface area (Å²) in [4.78, 5) is 21.6. The van der Waals surface area contributed by atoms with E-state index in [-0.39, 0.29) is 0 Å². The number of phosphoric acid groups is 1. The predicted octanol–water partition coefficient (Wildman–Crippen LogP) is -0.606. The van der Waals surface area contributed by atoms with E-state index in [2.05, 4.69) is 28.2 Å². The van der Waals surface area contributed by atoms with E-state index in [1.165, 1.54) is 0 Å². The van der Waals surface area contributed by atoms with Crippen LogP contribution in [0.25, 0.3) is 0 Å².